The molecule has 0 aliphatic rings. The zero-order valence-corrected chi connectivity index (χ0v) is 12.2. The van der Waals surface area contributed by atoms with Crippen LogP contribution in [0.15, 0.2) is 35.3 Å². The van der Waals surface area contributed by atoms with Gasteiger partial charge in [-0.1, -0.05) is 44.4 Å². The highest BCUT2D eigenvalue weighted by Gasteiger charge is 1.99. The highest BCUT2D eigenvalue weighted by molar-refractivity contribution is 5.80. The molecule has 4 N–H and O–H groups in total. The lowest BCUT2D eigenvalue weighted by Gasteiger charge is -2.04. The Balaban J connectivity index is 1.79. The van der Waals surface area contributed by atoms with Gasteiger partial charge >= 0.3 is 0 Å². The number of aromatic amines is 1. The number of nitrogens with two attached hydrogens (primary N) is 1. The average Bonchev–Trinajstić information content (AvgIpc) is 2.88. The molecule has 0 fully saturated rings. The lowest BCUT2D eigenvalue weighted by molar-refractivity contribution is 0.652. The first-order valence-corrected chi connectivity index (χ1v) is 7.40. The Labute approximate surface area is 120 Å². The summed E-state index contributed by atoms with van der Waals surface area (Å²) in [7, 11) is 0. The van der Waals surface area contributed by atoms with Crippen molar-refractivity contribution in [3.05, 3.63) is 36.0 Å². The second-order valence-electron chi connectivity index (χ2n) is 5.07. The van der Waals surface area contributed by atoms with Crippen molar-refractivity contribution in [3.63, 3.8) is 0 Å². The average molecular weight is 272 g/mol. The van der Waals surface area contributed by atoms with Crippen molar-refractivity contribution in [1.29, 1.82) is 0 Å². The van der Waals surface area contributed by atoms with Gasteiger partial charge in [-0.3, -0.25) is 0 Å². The van der Waals surface area contributed by atoms with Gasteiger partial charge < -0.3 is 16.0 Å². The summed E-state index contributed by atoms with van der Waals surface area (Å²) < 4.78 is 0. The molecule has 0 saturated carbocycles. The number of guanidine groups is 1. The van der Waals surface area contributed by atoms with E-state index in [-0.39, 0.29) is 0 Å². The van der Waals surface area contributed by atoms with Crippen molar-refractivity contribution in [3.8, 4) is 0 Å². The van der Waals surface area contributed by atoms with Gasteiger partial charge in [0.1, 0.15) is 0 Å². The minimum Gasteiger partial charge on any atom is -0.370 e. The summed E-state index contributed by atoms with van der Waals surface area (Å²) in [5.74, 6) is 0.528. The molecule has 1 heterocycles. The zero-order valence-electron chi connectivity index (χ0n) is 12.2. The maximum atomic E-state index is 5.86. The van der Waals surface area contributed by atoms with Gasteiger partial charge in [0.15, 0.2) is 5.96 Å². The van der Waals surface area contributed by atoms with E-state index in [2.05, 4.69) is 40.4 Å². The Morgan fingerprint density at radius 1 is 1.25 bits per heavy atom. The second-order valence-corrected chi connectivity index (χ2v) is 5.07. The summed E-state index contributed by atoms with van der Waals surface area (Å²) in [6.07, 6.45) is 4.94. The van der Waals surface area contributed by atoms with E-state index in [1.807, 2.05) is 12.1 Å². The van der Waals surface area contributed by atoms with Crippen LogP contribution in [0, 0.1) is 0 Å². The van der Waals surface area contributed by atoms with Crippen LogP contribution in [0.2, 0.25) is 0 Å². The quantitative estimate of drug-likeness (QED) is 0.412. The lowest BCUT2D eigenvalue weighted by atomic mass is 10.2. The minimum absolute atomic E-state index is 0.528. The number of fused-ring (bicyclic) bond motifs is 1. The van der Waals surface area contributed by atoms with Crippen LogP contribution in [-0.2, 0) is 6.54 Å². The van der Waals surface area contributed by atoms with Crippen molar-refractivity contribution < 1.29 is 0 Å². The molecular formula is C16H24N4. The fourth-order valence-electron chi connectivity index (χ4n) is 2.21. The number of aromatic nitrogens is 1. The van der Waals surface area contributed by atoms with Crippen molar-refractivity contribution in [2.45, 2.75) is 39.2 Å². The summed E-state index contributed by atoms with van der Waals surface area (Å²) in [6.45, 7) is 3.70. The van der Waals surface area contributed by atoms with E-state index in [4.69, 9.17) is 5.73 Å². The van der Waals surface area contributed by atoms with Gasteiger partial charge in [0.2, 0.25) is 0 Å². The molecule has 0 bridgehead atoms. The number of nitrogens with zero attached hydrogens (tertiary/aromatic N) is 1. The van der Waals surface area contributed by atoms with Crippen LogP contribution in [0.5, 0.6) is 0 Å². The predicted molar refractivity (Wildman–Crippen MR) is 85.8 cm³/mol. The number of para-hydroxylation sites is 1. The first-order chi connectivity index (χ1) is 9.79. The Morgan fingerprint density at radius 3 is 2.90 bits per heavy atom. The zero-order chi connectivity index (χ0) is 14.2. The third kappa shape index (κ3) is 4.30. The molecule has 2 rings (SSSR count). The second kappa shape index (κ2) is 7.58. The minimum atomic E-state index is 0.528. The van der Waals surface area contributed by atoms with E-state index in [1.54, 1.807) is 0 Å². The Kier molecular flexibility index (Phi) is 5.47. The van der Waals surface area contributed by atoms with Gasteiger partial charge in [-0.15, -0.1) is 0 Å². The molecule has 1 aromatic carbocycles. The van der Waals surface area contributed by atoms with Crippen LogP contribution in [0.4, 0.5) is 0 Å². The third-order valence-electron chi connectivity index (χ3n) is 3.34. The monoisotopic (exact) mass is 272 g/mol. The first-order valence-electron chi connectivity index (χ1n) is 7.40. The van der Waals surface area contributed by atoms with Crippen molar-refractivity contribution in [2.24, 2.45) is 10.7 Å². The number of hydrogen-bond acceptors (Lipinski definition) is 1. The predicted octanol–water partition coefficient (Wildman–Crippen LogP) is 3.15. The third-order valence-corrected chi connectivity index (χ3v) is 3.34. The van der Waals surface area contributed by atoms with E-state index in [9.17, 15) is 0 Å². The Bertz CT molecular complexity index is 523. The van der Waals surface area contributed by atoms with Crippen LogP contribution in [-0.4, -0.2) is 17.5 Å². The van der Waals surface area contributed by atoms with Crippen LogP contribution in [0.25, 0.3) is 10.9 Å². The molecule has 0 aliphatic heterocycles. The number of aliphatic imine (C=N–C) groups is 1. The number of rotatable bonds is 7. The lowest BCUT2D eigenvalue weighted by Crippen LogP contribution is -2.32. The molecule has 20 heavy (non-hydrogen) atoms. The van der Waals surface area contributed by atoms with Crippen molar-refractivity contribution in [1.82, 2.24) is 10.3 Å². The summed E-state index contributed by atoms with van der Waals surface area (Å²) in [6, 6.07) is 10.3. The molecule has 0 amide bonds. The molecule has 1 aromatic heterocycles. The van der Waals surface area contributed by atoms with Crippen LogP contribution < -0.4 is 11.1 Å². The van der Waals surface area contributed by atoms with Crippen LogP contribution in [0.3, 0.4) is 0 Å². The molecule has 108 valence electrons. The molecular weight excluding hydrogens is 248 g/mol. The maximum absolute atomic E-state index is 5.86. The number of unbranched alkanes of at least 4 members (excludes halogenated alkanes) is 3. The van der Waals surface area contributed by atoms with Crippen molar-refractivity contribution >= 4 is 16.9 Å². The fourth-order valence-corrected chi connectivity index (χ4v) is 2.21. The summed E-state index contributed by atoms with van der Waals surface area (Å²) >= 11 is 0. The molecule has 4 heteroatoms. The Hall–Kier alpha value is -1.97. The van der Waals surface area contributed by atoms with Gasteiger partial charge in [0, 0.05) is 17.8 Å². The largest absolute Gasteiger partial charge is 0.370 e. The van der Waals surface area contributed by atoms with Gasteiger partial charge in [0.25, 0.3) is 0 Å². The molecule has 4 nitrogen and oxygen atoms in total. The van der Waals surface area contributed by atoms with Gasteiger partial charge in [-0.05, 0) is 23.9 Å². The number of benzene rings is 1. The molecule has 2 aromatic rings. The SMILES string of the molecule is CCCCCCNC(N)=NCc1cc2ccccc2[nH]1. The molecule has 0 spiro atoms. The summed E-state index contributed by atoms with van der Waals surface area (Å²) in [4.78, 5) is 7.70. The van der Waals surface area contributed by atoms with Gasteiger partial charge in [-0.25, -0.2) is 4.99 Å². The summed E-state index contributed by atoms with van der Waals surface area (Å²) in [5, 5.41) is 4.37. The van der Waals surface area contributed by atoms with Crippen LogP contribution >= 0.6 is 0 Å². The van der Waals surface area contributed by atoms with Gasteiger partial charge in [0.05, 0.1) is 6.54 Å². The smallest absolute Gasteiger partial charge is 0.188 e. The standard InChI is InChI=1S/C16H24N4/c1-2-3-4-7-10-18-16(17)19-12-14-11-13-8-5-6-9-15(13)20-14/h5-6,8-9,11,20H,2-4,7,10,12H2,1H3,(H3,17,18,19). The van der Waals surface area contributed by atoms with E-state index < -0.39 is 0 Å². The normalized spacial score (nSPS) is 11.9. The van der Waals surface area contributed by atoms with Crippen LogP contribution in [0.1, 0.15) is 38.3 Å². The highest BCUT2D eigenvalue weighted by atomic mass is 15.1. The first kappa shape index (κ1) is 14.4. The Morgan fingerprint density at radius 2 is 2.10 bits per heavy atom. The molecule has 0 atom stereocenters. The van der Waals surface area contributed by atoms with Gasteiger partial charge in [-0.2, -0.15) is 0 Å². The number of H-pyrrole nitrogens is 1. The molecule has 0 aliphatic carbocycles. The molecule has 0 radical (unpaired) electrons. The van der Waals surface area contributed by atoms with E-state index in [1.165, 1.54) is 24.6 Å². The summed E-state index contributed by atoms with van der Waals surface area (Å²) in [5.41, 5.74) is 8.08. The number of nitrogens with one attached hydrogen (secondary N) is 2. The molecule has 0 unspecified atom stereocenters. The fraction of sp³-hybridized carbons (Fsp3) is 0.438. The molecule has 0 saturated heterocycles. The van der Waals surface area contributed by atoms with Crippen molar-refractivity contribution in [2.75, 3.05) is 6.54 Å². The van der Waals surface area contributed by atoms with E-state index in [0.29, 0.717) is 12.5 Å². The topological polar surface area (TPSA) is 66.2 Å². The highest BCUT2D eigenvalue weighted by Crippen LogP contribution is 2.14. The van der Waals surface area contributed by atoms with E-state index in [0.717, 1.165) is 24.2 Å². The number of hydrogen-bond donors (Lipinski definition) is 3. The maximum Gasteiger partial charge on any atom is 0.188 e. The van der Waals surface area contributed by atoms with E-state index >= 15 is 0 Å².